The maximum absolute atomic E-state index is 10.6. The summed E-state index contributed by atoms with van der Waals surface area (Å²) in [6.07, 6.45) is 11.1. The van der Waals surface area contributed by atoms with E-state index < -0.39 is 24.3 Å². The molecule has 0 saturated heterocycles. The van der Waals surface area contributed by atoms with Crippen molar-refractivity contribution in [3.63, 3.8) is 0 Å². The molecule has 5 atom stereocenters. The molecule has 0 aromatic carbocycles. The summed E-state index contributed by atoms with van der Waals surface area (Å²) in [5, 5.41) is 39.1. The maximum atomic E-state index is 10.6. The minimum Gasteiger partial charge on any atom is -0.481 e. The topological polar surface area (TPSA) is 98.0 Å². The standard InChI is InChI=1S/C20H36O5/c1-2-3-4-5-6-7-9-15(21)12-13-17-16(10-8-11-20(24)25)18(22)14-19(17)23/h12-13,15-19,21-23H,2-11,14H2,1H3,(H,24,25)/b13-12+/t15?,16-,17-,18+,19-/m1/s1. The van der Waals surface area contributed by atoms with Gasteiger partial charge in [-0.15, -0.1) is 0 Å². The Morgan fingerprint density at radius 3 is 2.44 bits per heavy atom. The average Bonchev–Trinajstić information content (AvgIpc) is 2.82. The zero-order chi connectivity index (χ0) is 18.7. The van der Waals surface area contributed by atoms with Crippen LogP contribution >= 0.6 is 0 Å². The molecule has 1 aliphatic rings. The summed E-state index contributed by atoms with van der Waals surface area (Å²) in [5.74, 6) is -1.18. The van der Waals surface area contributed by atoms with Crippen molar-refractivity contribution in [2.24, 2.45) is 11.8 Å². The molecule has 1 aliphatic carbocycles. The number of carbonyl (C=O) groups is 1. The molecule has 0 heterocycles. The highest BCUT2D eigenvalue weighted by atomic mass is 16.4. The second-order valence-electron chi connectivity index (χ2n) is 7.41. The van der Waals surface area contributed by atoms with Crippen LogP contribution in [0.15, 0.2) is 12.2 Å². The van der Waals surface area contributed by atoms with Crippen molar-refractivity contribution in [3.05, 3.63) is 12.2 Å². The first kappa shape index (κ1) is 22.1. The van der Waals surface area contributed by atoms with E-state index in [1.807, 2.05) is 6.08 Å². The van der Waals surface area contributed by atoms with Crippen molar-refractivity contribution in [2.75, 3.05) is 0 Å². The van der Waals surface area contributed by atoms with E-state index in [0.29, 0.717) is 19.3 Å². The van der Waals surface area contributed by atoms with E-state index in [1.165, 1.54) is 25.7 Å². The van der Waals surface area contributed by atoms with Gasteiger partial charge in [0, 0.05) is 18.8 Å². The summed E-state index contributed by atoms with van der Waals surface area (Å²) in [7, 11) is 0. The Hall–Kier alpha value is -0.910. The van der Waals surface area contributed by atoms with Crippen LogP contribution in [0.1, 0.15) is 77.6 Å². The fraction of sp³-hybridized carbons (Fsp3) is 0.850. The lowest BCUT2D eigenvalue weighted by molar-refractivity contribution is -0.137. The highest BCUT2D eigenvalue weighted by Crippen LogP contribution is 2.37. The van der Waals surface area contributed by atoms with Crippen LogP contribution in [0.5, 0.6) is 0 Å². The number of aliphatic carboxylic acids is 1. The van der Waals surface area contributed by atoms with Crippen LogP contribution in [0, 0.1) is 11.8 Å². The van der Waals surface area contributed by atoms with Gasteiger partial charge in [0.05, 0.1) is 18.3 Å². The molecule has 1 fully saturated rings. The first-order chi connectivity index (χ1) is 12.0. The molecule has 0 aromatic heterocycles. The van der Waals surface area contributed by atoms with Crippen molar-refractivity contribution in [1.29, 1.82) is 0 Å². The van der Waals surface area contributed by atoms with E-state index in [1.54, 1.807) is 6.08 Å². The predicted molar refractivity (Wildman–Crippen MR) is 98.2 cm³/mol. The summed E-state index contributed by atoms with van der Waals surface area (Å²) in [6.45, 7) is 2.19. The Labute approximate surface area is 151 Å². The number of rotatable bonds is 13. The monoisotopic (exact) mass is 356 g/mol. The Balaban J connectivity index is 2.36. The smallest absolute Gasteiger partial charge is 0.303 e. The lowest BCUT2D eigenvalue weighted by Crippen LogP contribution is -2.21. The lowest BCUT2D eigenvalue weighted by atomic mass is 9.88. The number of hydrogen-bond donors (Lipinski definition) is 4. The van der Waals surface area contributed by atoms with Crippen LogP contribution in [0.4, 0.5) is 0 Å². The molecule has 25 heavy (non-hydrogen) atoms. The van der Waals surface area contributed by atoms with Crippen molar-refractivity contribution >= 4 is 5.97 Å². The van der Waals surface area contributed by atoms with Crippen LogP contribution in [0.25, 0.3) is 0 Å². The Morgan fingerprint density at radius 1 is 1.08 bits per heavy atom. The van der Waals surface area contributed by atoms with Crippen molar-refractivity contribution in [2.45, 2.75) is 95.9 Å². The summed E-state index contributed by atoms with van der Waals surface area (Å²) >= 11 is 0. The first-order valence-electron chi connectivity index (χ1n) is 9.90. The van der Waals surface area contributed by atoms with Gasteiger partial charge in [0.25, 0.3) is 0 Å². The first-order valence-corrected chi connectivity index (χ1v) is 9.90. The quantitative estimate of drug-likeness (QED) is 0.300. The molecule has 0 radical (unpaired) electrons. The average molecular weight is 357 g/mol. The van der Waals surface area contributed by atoms with E-state index >= 15 is 0 Å². The van der Waals surface area contributed by atoms with E-state index in [4.69, 9.17) is 5.11 Å². The zero-order valence-corrected chi connectivity index (χ0v) is 15.5. The molecule has 0 aliphatic heterocycles. The van der Waals surface area contributed by atoms with Gasteiger partial charge in [-0.3, -0.25) is 4.79 Å². The summed E-state index contributed by atoms with van der Waals surface area (Å²) in [5.41, 5.74) is 0. The Bertz CT molecular complexity index is 396. The molecule has 0 bridgehead atoms. The predicted octanol–water partition coefficient (Wildman–Crippen LogP) is 3.27. The van der Waals surface area contributed by atoms with Crippen LogP contribution in [0.2, 0.25) is 0 Å². The van der Waals surface area contributed by atoms with Crippen molar-refractivity contribution < 1.29 is 25.2 Å². The Morgan fingerprint density at radius 2 is 1.76 bits per heavy atom. The van der Waals surface area contributed by atoms with Crippen molar-refractivity contribution in [1.82, 2.24) is 0 Å². The van der Waals surface area contributed by atoms with E-state index in [-0.39, 0.29) is 18.3 Å². The molecule has 0 aromatic rings. The van der Waals surface area contributed by atoms with Gasteiger partial charge >= 0.3 is 5.97 Å². The van der Waals surface area contributed by atoms with Crippen molar-refractivity contribution in [3.8, 4) is 0 Å². The van der Waals surface area contributed by atoms with Gasteiger partial charge in [-0.1, -0.05) is 57.6 Å². The third-order valence-electron chi connectivity index (χ3n) is 5.25. The van der Waals surface area contributed by atoms with Gasteiger partial charge in [-0.25, -0.2) is 0 Å². The van der Waals surface area contributed by atoms with E-state index in [0.717, 1.165) is 19.3 Å². The van der Waals surface area contributed by atoms with Gasteiger partial charge in [0.15, 0.2) is 0 Å². The van der Waals surface area contributed by atoms with Crippen LogP contribution in [-0.2, 0) is 4.79 Å². The molecule has 146 valence electrons. The summed E-state index contributed by atoms with van der Waals surface area (Å²) < 4.78 is 0. The van der Waals surface area contributed by atoms with Crippen LogP contribution < -0.4 is 0 Å². The van der Waals surface area contributed by atoms with Gasteiger partial charge < -0.3 is 20.4 Å². The van der Waals surface area contributed by atoms with Gasteiger partial charge in [0.2, 0.25) is 0 Å². The Kier molecular flexibility index (Phi) is 11.0. The number of aliphatic hydroxyl groups excluding tert-OH is 3. The number of aliphatic hydroxyl groups is 3. The molecule has 1 saturated carbocycles. The fourth-order valence-corrected chi connectivity index (χ4v) is 3.75. The van der Waals surface area contributed by atoms with Gasteiger partial charge in [0.1, 0.15) is 0 Å². The third-order valence-corrected chi connectivity index (χ3v) is 5.25. The fourth-order valence-electron chi connectivity index (χ4n) is 3.75. The molecule has 0 spiro atoms. The SMILES string of the molecule is CCCCCCCCC(O)/C=C/[C@@H]1[C@@H](CCCC(=O)O)[C@@H](O)C[C@H]1O. The molecule has 5 heteroatoms. The molecule has 0 amide bonds. The normalized spacial score (nSPS) is 27.8. The van der Waals surface area contributed by atoms with E-state index in [9.17, 15) is 20.1 Å². The largest absolute Gasteiger partial charge is 0.481 e. The second-order valence-corrected chi connectivity index (χ2v) is 7.41. The molecule has 1 rings (SSSR count). The maximum Gasteiger partial charge on any atom is 0.303 e. The third kappa shape index (κ3) is 8.84. The molecule has 4 N–H and O–H groups in total. The summed E-state index contributed by atoms with van der Waals surface area (Å²) in [4.78, 5) is 10.6. The van der Waals surface area contributed by atoms with Crippen LogP contribution in [0.3, 0.4) is 0 Å². The molecular formula is C20H36O5. The summed E-state index contributed by atoms with van der Waals surface area (Å²) in [6, 6.07) is 0. The highest BCUT2D eigenvalue weighted by molar-refractivity contribution is 5.66. The minimum atomic E-state index is -0.838. The second kappa shape index (κ2) is 12.4. The molecule has 5 nitrogen and oxygen atoms in total. The minimum absolute atomic E-state index is 0.0798. The van der Waals surface area contributed by atoms with Gasteiger partial charge in [-0.05, 0) is 25.2 Å². The number of carboxylic acid groups (broad SMARTS) is 1. The zero-order valence-electron chi connectivity index (χ0n) is 15.5. The van der Waals surface area contributed by atoms with Crippen LogP contribution in [-0.4, -0.2) is 44.7 Å². The number of hydrogen-bond acceptors (Lipinski definition) is 4. The van der Waals surface area contributed by atoms with Gasteiger partial charge in [-0.2, -0.15) is 0 Å². The highest BCUT2D eigenvalue weighted by Gasteiger charge is 2.39. The molecular weight excluding hydrogens is 320 g/mol. The number of carboxylic acids is 1. The van der Waals surface area contributed by atoms with E-state index in [2.05, 4.69) is 6.92 Å². The molecule has 1 unspecified atom stereocenters. The number of unbranched alkanes of at least 4 members (excludes halogenated alkanes) is 5. The lowest BCUT2D eigenvalue weighted by Gasteiger charge is -2.20.